The molecule has 0 aliphatic heterocycles. The van der Waals surface area contributed by atoms with E-state index in [1.807, 2.05) is 83.1 Å². The van der Waals surface area contributed by atoms with Gasteiger partial charge in [-0.15, -0.1) is 0 Å². The second kappa shape index (κ2) is 324. The summed E-state index contributed by atoms with van der Waals surface area (Å²) in [6, 6.07) is 0. The van der Waals surface area contributed by atoms with Gasteiger partial charge in [-0.2, -0.15) is 125 Å². The molecule has 6 rings (SSSR count). The van der Waals surface area contributed by atoms with E-state index in [0.29, 0.717) is 0 Å². The monoisotopic (exact) mass is 2360 g/mol. The first-order valence-corrected chi connectivity index (χ1v) is 38.5. The van der Waals surface area contributed by atoms with Gasteiger partial charge >= 0.3 is 0 Å². The van der Waals surface area contributed by atoms with Crippen molar-refractivity contribution in [2.75, 3.05) is 0 Å². The van der Waals surface area contributed by atoms with Gasteiger partial charge in [0.1, 0.15) is 0 Å². The minimum Gasteiger partial charge on any atom is -0.358 e. The topological polar surface area (TPSA) is 0 Å². The maximum absolute atomic E-state index is 2.12. The molecule has 0 bridgehead atoms. The van der Waals surface area contributed by atoms with Gasteiger partial charge in [-0.05, 0) is 0 Å². The van der Waals surface area contributed by atoms with E-state index in [1.165, 1.54) is 267 Å². The number of hydrogen-bond donors (Lipinski definition) is 0. The first kappa shape index (κ1) is 240. The summed E-state index contributed by atoms with van der Waals surface area (Å²) in [7, 11) is 0. The van der Waals surface area contributed by atoms with Crippen molar-refractivity contribution in [3.8, 4) is 0 Å². The zero-order valence-corrected chi connectivity index (χ0v) is 117. The molecule has 0 amide bonds. The molecule has 6 aliphatic carbocycles. The Bertz CT molecular complexity index is 437. The molecule has 12 radical (unpaired) electrons. The fourth-order valence-corrected chi connectivity index (χ4v) is 5.30. The smallest absolute Gasteiger partial charge is 0 e. The molecular formula is C90H216Y12-12. The summed E-state index contributed by atoms with van der Waals surface area (Å²) in [5, 5.41) is 0. The molecular weight excluding hydrogens is 2150 g/mol. The van der Waals surface area contributed by atoms with Crippen LogP contribution in [0.15, 0.2) is 0 Å². The zero-order valence-electron chi connectivity index (χ0n) is 83.4. The first-order valence-electron chi connectivity index (χ1n) is 38.5. The molecule has 0 N–H and O–H groups in total. The van der Waals surface area contributed by atoms with Crippen molar-refractivity contribution < 1.29 is 393 Å². The van der Waals surface area contributed by atoms with Crippen molar-refractivity contribution >= 4 is 0 Å². The van der Waals surface area contributed by atoms with Crippen molar-refractivity contribution in [2.45, 2.75) is 522 Å². The average molecular weight is 2370 g/mol. The van der Waals surface area contributed by atoms with Crippen LogP contribution in [0.1, 0.15) is 522 Å². The Balaban J connectivity index is -0.0000000131. The van der Waals surface area contributed by atoms with Crippen LogP contribution in [0.3, 0.4) is 0 Å². The van der Waals surface area contributed by atoms with Gasteiger partial charge in [-0.1, -0.05) is 397 Å². The third kappa shape index (κ3) is 763. The van der Waals surface area contributed by atoms with E-state index in [-0.39, 0.29) is 437 Å². The van der Waals surface area contributed by atoms with Crippen LogP contribution in [0.25, 0.3) is 0 Å². The van der Waals surface area contributed by atoms with Crippen LogP contribution in [-0.4, -0.2) is 0 Å². The second-order valence-corrected chi connectivity index (χ2v) is 23.8. The molecule has 0 nitrogen and oxygen atoms in total. The van der Waals surface area contributed by atoms with E-state index < -0.39 is 0 Å². The SMILES string of the molecule is C1CCCC1.C1CCCC1.C1CCCC1.C1CCCC1.C1CCCC1.C1CCCC1.CC.CC.CC.CC.CC.CC.CCC.CCC.CCC.CCC.CCC.CCC.C[C-](C)C.C[C-](C)C.C[C-](C)C.C[C-](C)C.C[C-](C)C.C[C-](C)C.[CH3-].[CH3-].[CH3-].[CH3-].[CH3-].[CH3-].[Y].[Y].[Y].[Y].[Y].[Y].[Y].[Y].[Y].[Y].[Y].[Y]. The summed E-state index contributed by atoms with van der Waals surface area (Å²) in [4.78, 5) is 0. The molecule has 0 unspecified atom stereocenters. The molecule has 0 spiro atoms. The van der Waals surface area contributed by atoms with Crippen LogP contribution < -0.4 is 0 Å². The van der Waals surface area contributed by atoms with Gasteiger partial charge in [0, 0.05) is 393 Å². The van der Waals surface area contributed by atoms with Crippen LogP contribution in [0, 0.1) is 80.1 Å². The molecule has 624 valence electrons. The summed E-state index contributed by atoms with van der Waals surface area (Å²) in [5.74, 6) is 8.50. The Morgan fingerprint density at radius 3 is 0.137 bits per heavy atom. The molecule has 0 aromatic carbocycles. The van der Waals surface area contributed by atoms with Gasteiger partial charge in [-0.25, -0.2) is 0 Å². The number of rotatable bonds is 0. The molecule has 6 saturated carbocycles. The summed E-state index contributed by atoms with van der Waals surface area (Å²) < 4.78 is 0. The van der Waals surface area contributed by atoms with E-state index in [0.717, 1.165) is 0 Å². The molecule has 0 saturated heterocycles. The van der Waals surface area contributed by atoms with Gasteiger partial charge in [-0.3, -0.25) is 0 Å². The van der Waals surface area contributed by atoms with Gasteiger partial charge in [0.05, 0.1) is 0 Å². The Hall–Kier alpha value is 13.2. The molecule has 12 heteroatoms. The predicted octanol–water partition coefficient (Wildman–Crippen LogP) is 38.8. The van der Waals surface area contributed by atoms with E-state index in [2.05, 4.69) is 208 Å². The molecule has 6 fully saturated rings. The van der Waals surface area contributed by atoms with Crippen LogP contribution in [0.5, 0.6) is 0 Å². The van der Waals surface area contributed by atoms with Crippen LogP contribution >= 0.6 is 0 Å². The van der Waals surface area contributed by atoms with Crippen LogP contribution in [0.4, 0.5) is 0 Å². The second-order valence-electron chi connectivity index (χ2n) is 23.8. The molecule has 0 aromatic heterocycles. The van der Waals surface area contributed by atoms with Gasteiger partial charge < -0.3 is 80.1 Å². The van der Waals surface area contributed by atoms with Crippen molar-refractivity contribution in [3.63, 3.8) is 0 Å². The molecule has 0 atom stereocenters. The first-order chi connectivity index (χ1) is 39.9. The van der Waals surface area contributed by atoms with Crippen LogP contribution in [0.2, 0.25) is 0 Å². The quantitative estimate of drug-likeness (QED) is 0.212. The Morgan fingerprint density at radius 1 is 0.118 bits per heavy atom. The third-order valence-electron chi connectivity index (χ3n) is 7.50. The fraction of sp³-hybridized carbons (Fsp3) is 0.867. The molecule has 0 heterocycles. The fourth-order valence-electron chi connectivity index (χ4n) is 5.30. The maximum Gasteiger partial charge on any atom is 0 e. The van der Waals surface area contributed by atoms with E-state index in [4.69, 9.17) is 0 Å². The van der Waals surface area contributed by atoms with Crippen molar-refractivity contribution in [3.05, 3.63) is 80.1 Å². The standard InChI is InChI=1S/6C5H10.6C4H9.6C3H8.6C2H6.6CH3.12Y/c6*1-2-4-5-3-1;6*1-4(2)3;6*1-3-2;6*1-2;;;;;;;;;;;;;;;;;;/h6*1-5H2;6*1-3H3;6*3H2,1-2H3;6*1-2H3;6*1H3;;;;;;;;;;;;/q;;;;;;6*-1;;;;;;;;;;;;;6*-1;;;;;;;;;;;;. The zero-order chi connectivity index (χ0) is 70.9. The van der Waals surface area contributed by atoms with Crippen molar-refractivity contribution in [1.82, 2.24) is 0 Å². The third-order valence-corrected chi connectivity index (χ3v) is 7.50. The number of hydrogen-bond acceptors (Lipinski definition) is 0. The molecule has 102 heavy (non-hydrogen) atoms. The largest absolute Gasteiger partial charge is 0.358 e. The predicted molar refractivity (Wildman–Crippen MR) is 462 cm³/mol. The summed E-state index contributed by atoms with van der Waals surface area (Å²) in [6.07, 6.45) is 52.5. The van der Waals surface area contributed by atoms with E-state index in [9.17, 15) is 0 Å². The average Bonchev–Trinajstić information content (AvgIpc) is 4.30. The maximum atomic E-state index is 2.12. The molecule has 6 aliphatic rings. The van der Waals surface area contributed by atoms with Gasteiger partial charge in [0.15, 0.2) is 0 Å². The van der Waals surface area contributed by atoms with E-state index in [1.54, 1.807) is 0 Å². The Morgan fingerprint density at radius 2 is 0.127 bits per heavy atom. The summed E-state index contributed by atoms with van der Waals surface area (Å²) in [5.41, 5.74) is 0. The Labute approximate surface area is 975 Å². The normalized spacial score (nSPS) is 10.6. The minimum absolute atomic E-state index is 0. The van der Waals surface area contributed by atoms with Crippen LogP contribution in [-0.2, 0) is 393 Å². The van der Waals surface area contributed by atoms with Gasteiger partial charge in [0.25, 0.3) is 0 Å². The van der Waals surface area contributed by atoms with E-state index >= 15 is 0 Å². The Kier molecular flexibility index (Phi) is 761. The summed E-state index contributed by atoms with van der Waals surface area (Å²) >= 11 is 0. The van der Waals surface area contributed by atoms with Crippen molar-refractivity contribution in [2.24, 2.45) is 0 Å². The van der Waals surface area contributed by atoms with Gasteiger partial charge in [0.2, 0.25) is 0 Å². The minimum atomic E-state index is 0. The van der Waals surface area contributed by atoms with Crippen molar-refractivity contribution in [1.29, 1.82) is 0 Å². The molecule has 0 aromatic rings. The summed E-state index contributed by atoms with van der Waals surface area (Å²) in [6.45, 7) is 87.0.